The van der Waals surface area contributed by atoms with E-state index in [9.17, 15) is 37.4 Å². The summed E-state index contributed by atoms with van der Waals surface area (Å²) in [6.07, 6.45) is -8.62. The Labute approximate surface area is 247 Å². The van der Waals surface area contributed by atoms with Crippen molar-refractivity contribution in [2.24, 2.45) is 11.8 Å². The molecule has 1 saturated heterocycles. The fourth-order valence-electron chi connectivity index (χ4n) is 6.17. The van der Waals surface area contributed by atoms with Gasteiger partial charge in [-0.25, -0.2) is 22.5 Å². The van der Waals surface area contributed by atoms with Crippen LogP contribution in [0.4, 0.5) is 45.3 Å². The first-order valence-corrected chi connectivity index (χ1v) is 13.8. The van der Waals surface area contributed by atoms with Gasteiger partial charge < -0.3 is 20.4 Å². The third kappa shape index (κ3) is 4.90. The molecule has 2 saturated carbocycles. The number of aliphatic hydroxyl groups is 2. The smallest absolute Gasteiger partial charge is 0.389 e. The number of carbonyl (C=O) groups is 1. The fraction of sp³-hybridized carbons (Fsp3) is 0.464. The lowest BCUT2D eigenvalue weighted by Gasteiger charge is -2.42. The van der Waals surface area contributed by atoms with E-state index in [0.717, 1.165) is 4.90 Å². The van der Waals surface area contributed by atoms with Crippen LogP contribution in [-0.2, 0) is 0 Å². The van der Waals surface area contributed by atoms with E-state index >= 15 is 22.0 Å². The largest absolute Gasteiger partial charge is 0.455 e. The van der Waals surface area contributed by atoms with Crippen molar-refractivity contribution in [3.8, 4) is 5.69 Å². The Morgan fingerprint density at radius 1 is 0.867 bits per heavy atom. The second-order valence-electron chi connectivity index (χ2n) is 11.6. The van der Waals surface area contributed by atoms with Gasteiger partial charge in [-0.1, -0.05) is 0 Å². The van der Waals surface area contributed by atoms with Crippen molar-refractivity contribution in [3.05, 3.63) is 63.5 Å². The van der Waals surface area contributed by atoms with E-state index in [1.807, 2.05) is 0 Å². The van der Waals surface area contributed by atoms with Gasteiger partial charge in [-0.3, -0.25) is 14.2 Å². The van der Waals surface area contributed by atoms with Crippen LogP contribution in [0, 0.1) is 35.1 Å². The van der Waals surface area contributed by atoms with Crippen LogP contribution in [0.5, 0.6) is 0 Å². The summed E-state index contributed by atoms with van der Waals surface area (Å²) < 4.78 is 131. The number of fused-ring (bicyclic) bond motifs is 1. The highest BCUT2D eigenvalue weighted by atomic mass is 19.4. The van der Waals surface area contributed by atoms with Crippen LogP contribution >= 0.6 is 0 Å². The number of aliphatic hydroxyl groups excluding tert-OH is 2. The summed E-state index contributed by atoms with van der Waals surface area (Å²) in [6.45, 7) is -0.698. The van der Waals surface area contributed by atoms with Crippen LogP contribution in [0.3, 0.4) is 0 Å². The van der Waals surface area contributed by atoms with Crippen LogP contribution in [0.15, 0.2) is 29.2 Å². The lowest BCUT2D eigenvalue weighted by Crippen LogP contribution is -2.69. The second-order valence-corrected chi connectivity index (χ2v) is 11.6. The zero-order valence-corrected chi connectivity index (χ0v) is 22.8. The summed E-state index contributed by atoms with van der Waals surface area (Å²) in [4.78, 5) is 32.1. The number of hydrogen-bond acceptors (Lipinski definition) is 6. The van der Waals surface area contributed by atoms with Crippen molar-refractivity contribution in [2.75, 3.05) is 18.0 Å². The first kappa shape index (κ1) is 31.1. The van der Waals surface area contributed by atoms with Crippen LogP contribution < -0.4 is 15.6 Å². The van der Waals surface area contributed by atoms with Crippen LogP contribution in [0.1, 0.15) is 36.0 Å². The van der Waals surface area contributed by atoms with Gasteiger partial charge in [0.1, 0.15) is 22.6 Å². The number of hydrogen-bond donors (Lipinski definition) is 3. The summed E-state index contributed by atoms with van der Waals surface area (Å²) in [7, 11) is 0. The lowest BCUT2D eigenvalue weighted by molar-refractivity contribution is -0.316. The van der Waals surface area contributed by atoms with E-state index < -0.39 is 104 Å². The van der Waals surface area contributed by atoms with Gasteiger partial charge in [0.25, 0.3) is 5.91 Å². The summed E-state index contributed by atoms with van der Waals surface area (Å²) in [5, 5.41) is 20.7. The predicted molar refractivity (Wildman–Crippen MR) is 138 cm³/mol. The molecule has 0 unspecified atom stereocenters. The van der Waals surface area contributed by atoms with Crippen molar-refractivity contribution in [3.63, 3.8) is 0 Å². The average molecular weight is 650 g/mol. The van der Waals surface area contributed by atoms with Crippen LogP contribution in [-0.4, -0.2) is 68.6 Å². The molecule has 45 heavy (non-hydrogen) atoms. The van der Waals surface area contributed by atoms with E-state index in [-0.39, 0.29) is 50.9 Å². The van der Waals surface area contributed by atoms with Gasteiger partial charge in [0.05, 0.1) is 17.6 Å². The topological polar surface area (TPSA) is 108 Å². The average Bonchev–Trinajstić information content (AvgIpc) is 3.86. The molecule has 3 aromatic rings. The van der Waals surface area contributed by atoms with E-state index in [0.29, 0.717) is 16.8 Å². The minimum Gasteiger partial charge on any atom is -0.389 e. The van der Waals surface area contributed by atoms with Crippen molar-refractivity contribution >= 4 is 22.8 Å². The molecule has 2 aromatic heterocycles. The summed E-state index contributed by atoms with van der Waals surface area (Å²) >= 11 is 0. The van der Waals surface area contributed by atoms with Crippen molar-refractivity contribution in [1.29, 1.82) is 0 Å². The third-order valence-corrected chi connectivity index (χ3v) is 8.58. The van der Waals surface area contributed by atoms with Gasteiger partial charge in [0, 0.05) is 31.4 Å². The normalized spacial score (nSPS) is 21.1. The van der Waals surface area contributed by atoms with Crippen molar-refractivity contribution in [1.82, 2.24) is 14.9 Å². The number of rotatable bonds is 7. The molecular weight excluding hydrogens is 627 g/mol. The van der Waals surface area contributed by atoms with Gasteiger partial charge in [0.15, 0.2) is 28.9 Å². The number of amides is 1. The van der Waals surface area contributed by atoms with E-state index in [1.54, 1.807) is 5.32 Å². The number of aromatic nitrogens is 2. The number of halogens is 9. The van der Waals surface area contributed by atoms with E-state index in [4.69, 9.17) is 0 Å². The van der Waals surface area contributed by atoms with E-state index in [2.05, 4.69) is 4.98 Å². The number of anilines is 1. The number of β-amino-alcohol motifs (C(OH)–C–C–N with tert-alkyl or cyclic N) is 2. The Morgan fingerprint density at radius 2 is 1.40 bits per heavy atom. The number of carbonyl (C=O) groups excluding carboxylic acids is 1. The molecule has 2 aliphatic carbocycles. The molecular formula is C28H23F9N4O4. The monoisotopic (exact) mass is 650 g/mol. The molecule has 0 bridgehead atoms. The zero-order valence-electron chi connectivity index (χ0n) is 22.8. The van der Waals surface area contributed by atoms with E-state index in [1.165, 1.54) is 0 Å². The fourth-order valence-corrected chi connectivity index (χ4v) is 6.17. The molecule has 3 fully saturated rings. The SMILES string of the molecule is O=C(NC(C1CC1)(C1CC1)C(F)(F)C(F)(F)F)c1cn(-c2c(F)cc(F)cc2F)c2nc(N3C[C@@H](O)[C@H](O)C3)c(F)cc2c1=O. The van der Waals surface area contributed by atoms with Gasteiger partial charge in [-0.15, -0.1) is 0 Å². The quantitative estimate of drug-likeness (QED) is 0.335. The van der Waals surface area contributed by atoms with Crippen LogP contribution in [0.25, 0.3) is 16.7 Å². The predicted octanol–water partition coefficient (Wildman–Crippen LogP) is 3.97. The Bertz CT molecular complexity index is 1730. The maximum atomic E-state index is 15.3. The first-order valence-electron chi connectivity index (χ1n) is 13.8. The zero-order chi connectivity index (χ0) is 32.8. The summed E-state index contributed by atoms with van der Waals surface area (Å²) in [6, 6.07) is 0.965. The highest BCUT2D eigenvalue weighted by molar-refractivity contribution is 5.98. The lowest BCUT2D eigenvalue weighted by atomic mass is 9.80. The molecule has 0 radical (unpaired) electrons. The molecule has 2 atom stereocenters. The van der Waals surface area contributed by atoms with Gasteiger partial charge in [-0.05, 0) is 43.6 Å². The van der Waals surface area contributed by atoms with Gasteiger partial charge in [-0.2, -0.15) is 22.0 Å². The van der Waals surface area contributed by atoms with Crippen molar-refractivity contribution < 1.29 is 54.5 Å². The molecule has 3 N–H and O–H groups in total. The third-order valence-electron chi connectivity index (χ3n) is 8.58. The highest BCUT2D eigenvalue weighted by Crippen LogP contribution is 2.62. The van der Waals surface area contributed by atoms with Crippen molar-refractivity contribution in [2.45, 2.75) is 55.5 Å². The molecule has 0 spiro atoms. The number of benzene rings is 1. The van der Waals surface area contributed by atoms with Crippen LogP contribution in [0.2, 0.25) is 0 Å². The summed E-state index contributed by atoms with van der Waals surface area (Å²) in [5.41, 5.74) is -7.58. The number of alkyl halides is 5. The first-order chi connectivity index (χ1) is 21.0. The minimum absolute atomic E-state index is 0.0752. The van der Waals surface area contributed by atoms with Gasteiger partial charge >= 0.3 is 12.1 Å². The molecule has 1 aromatic carbocycles. The molecule has 17 heteroatoms. The number of pyridine rings is 2. The highest BCUT2D eigenvalue weighted by Gasteiger charge is 2.77. The minimum atomic E-state index is -6.09. The second kappa shape index (κ2) is 10.3. The Kier molecular flexibility index (Phi) is 7.15. The standard InChI is InChI=1S/C28H23F9N4O4/c29-13-5-16(30)21(17(31)6-13)41-8-15(22(44)14-7-18(32)24(38-23(14)41)40-9-19(42)20(43)10-40)25(45)39-26(11-1-2-11,12-3-4-12)27(33,34)28(35,36)37/h5-8,11-12,19-20,42-43H,1-4,9-10H2,(H,39,45)/t19-,20-/m1/s1. The molecule has 1 aliphatic heterocycles. The Balaban J connectivity index is 1.56. The Hall–Kier alpha value is -3.86. The maximum absolute atomic E-state index is 15.3. The molecule has 8 nitrogen and oxygen atoms in total. The van der Waals surface area contributed by atoms with Gasteiger partial charge in [0.2, 0.25) is 5.43 Å². The maximum Gasteiger partial charge on any atom is 0.455 e. The molecule has 3 heterocycles. The summed E-state index contributed by atoms with van der Waals surface area (Å²) in [5.74, 6) is -16.2. The number of nitrogens with one attached hydrogen (secondary N) is 1. The Morgan fingerprint density at radius 3 is 1.89 bits per heavy atom. The molecule has 242 valence electrons. The number of nitrogens with zero attached hydrogens (tertiary/aromatic N) is 3. The molecule has 1 amide bonds. The molecule has 3 aliphatic rings. The molecule has 6 rings (SSSR count).